The minimum Gasteiger partial charge on any atom is -0.458 e. The maximum atomic E-state index is 14.1. The number of fused-ring (bicyclic) bond motifs is 9. The molecule has 0 unspecified atom stereocenters. The lowest BCUT2D eigenvalue weighted by Crippen LogP contribution is -2.57. The highest BCUT2D eigenvalue weighted by Crippen LogP contribution is 2.53. The van der Waals surface area contributed by atoms with Gasteiger partial charge in [0.2, 0.25) is 5.43 Å². The molecule has 2 aromatic heterocycles. The third kappa shape index (κ3) is 7.61. The second kappa shape index (κ2) is 18.0. The molecule has 0 atom stereocenters. The van der Waals surface area contributed by atoms with Crippen LogP contribution in [0.4, 0.5) is 17.1 Å². The number of aromatic nitrogens is 1. The van der Waals surface area contributed by atoms with Crippen LogP contribution >= 0.6 is 0 Å². The van der Waals surface area contributed by atoms with Crippen LogP contribution in [0, 0.1) is 27.7 Å². The van der Waals surface area contributed by atoms with Gasteiger partial charge in [0.15, 0.2) is 0 Å². The summed E-state index contributed by atoms with van der Waals surface area (Å²) in [7, 11) is 0. The smallest absolute Gasteiger partial charge is 0.251 e. The van der Waals surface area contributed by atoms with Crippen molar-refractivity contribution in [1.29, 1.82) is 0 Å². The maximum Gasteiger partial charge on any atom is 0.251 e. The standard InChI is InChI=1S/C71H65BN2O3/c1-40(2)48-35-52(41(3)4)67(53(36-48)42(5)6)72-59-27-25-50(74-68-45(9)30-43(7)32-54(68)55-33-44(8)31-46(10)69(55)74)38-66(59)77-65-28-24-47(34-60(65)72)39-71(11)57-19-13-15-21-61(57)73(62-22-16-14-20-58(62)71)49-26-29-64-56(37-49)70(75)51-18-12-17-23-63(51)76-64/h12-38,40-42H,39H2,1-11H3. The van der Waals surface area contributed by atoms with Crippen molar-refractivity contribution in [1.82, 2.24) is 4.57 Å². The Balaban J connectivity index is 0.980. The molecule has 0 radical (unpaired) electrons. The van der Waals surface area contributed by atoms with Crippen LogP contribution in [0.15, 0.2) is 173 Å². The van der Waals surface area contributed by atoms with Gasteiger partial charge in [-0.05, 0) is 174 Å². The summed E-state index contributed by atoms with van der Waals surface area (Å²) in [4.78, 5) is 16.4. The van der Waals surface area contributed by atoms with E-state index in [2.05, 4.69) is 213 Å². The van der Waals surface area contributed by atoms with Gasteiger partial charge < -0.3 is 18.6 Å². The zero-order valence-corrected chi connectivity index (χ0v) is 46.2. The first kappa shape index (κ1) is 48.5. The molecule has 9 aromatic carbocycles. The number of ether oxygens (including phenoxy) is 1. The maximum absolute atomic E-state index is 14.1. The number of anilines is 3. The molecule has 6 heteroatoms. The van der Waals surface area contributed by atoms with Crippen LogP contribution in [0.3, 0.4) is 0 Å². The van der Waals surface area contributed by atoms with E-state index in [0.29, 0.717) is 39.7 Å². The molecule has 380 valence electrons. The third-order valence-corrected chi connectivity index (χ3v) is 17.1. The molecule has 4 heterocycles. The van der Waals surface area contributed by atoms with Crippen LogP contribution in [0.2, 0.25) is 0 Å². The van der Waals surface area contributed by atoms with Gasteiger partial charge in [0.25, 0.3) is 6.71 Å². The van der Waals surface area contributed by atoms with Gasteiger partial charge in [0.05, 0.1) is 33.2 Å². The van der Waals surface area contributed by atoms with Crippen LogP contribution in [0.1, 0.15) is 122 Å². The molecule has 77 heavy (non-hydrogen) atoms. The second-order valence-electron chi connectivity index (χ2n) is 23.5. The van der Waals surface area contributed by atoms with E-state index in [0.717, 1.165) is 40.7 Å². The lowest BCUT2D eigenvalue weighted by molar-refractivity contribution is 0.486. The summed E-state index contributed by atoms with van der Waals surface area (Å²) in [6.07, 6.45) is 0.750. The fraction of sp³-hybridized carbons (Fsp3) is 0.225. The van der Waals surface area contributed by atoms with Crippen molar-refractivity contribution in [2.75, 3.05) is 4.90 Å². The number of hydrogen-bond donors (Lipinski definition) is 0. The van der Waals surface area contributed by atoms with Crippen molar-refractivity contribution >= 4 is 83.9 Å². The summed E-state index contributed by atoms with van der Waals surface area (Å²) >= 11 is 0. The number of nitrogens with zero attached hydrogens (tertiary/aromatic N) is 2. The summed E-state index contributed by atoms with van der Waals surface area (Å²) in [5, 5.41) is 3.72. The zero-order chi connectivity index (χ0) is 53.3. The summed E-state index contributed by atoms with van der Waals surface area (Å²) in [6, 6.07) is 59.6. The molecular weight excluding hydrogens is 940 g/mol. The summed E-state index contributed by atoms with van der Waals surface area (Å²) in [5.74, 6) is 2.78. The van der Waals surface area contributed by atoms with Crippen molar-refractivity contribution < 1.29 is 9.15 Å². The first-order valence-electron chi connectivity index (χ1n) is 27.7. The molecule has 0 bridgehead atoms. The molecular formula is C71H65BN2O3. The van der Waals surface area contributed by atoms with Gasteiger partial charge in [-0.3, -0.25) is 4.79 Å². The first-order valence-corrected chi connectivity index (χ1v) is 27.7. The van der Waals surface area contributed by atoms with E-state index in [-0.39, 0.29) is 12.1 Å². The highest BCUT2D eigenvalue weighted by molar-refractivity contribution is 6.97. The molecule has 0 amide bonds. The molecule has 0 N–H and O–H groups in total. The predicted octanol–water partition coefficient (Wildman–Crippen LogP) is 16.6. The normalized spacial score (nSPS) is 13.7. The molecule has 0 spiro atoms. The van der Waals surface area contributed by atoms with Gasteiger partial charge in [0.1, 0.15) is 22.7 Å². The summed E-state index contributed by atoms with van der Waals surface area (Å²) < 4.78 is 16.1. The minimum atomic E-state index is -0.428. The van der Waals surface area contributed by atoms with E-state index in [1.807, 2.05) is 36.4 Å². The van der Waals surface area contributed by atoms with Gasteiger partial charge >= 0.3 is 0 Å². The van der Waals surface area contributed by atoms with Crippen LogP contribution in [-0.2, 0) is 11.8 Å². The van der Waals surface area contributed by atoms with Gasteiger partial charge in [0, 0.05) is 33.6 Å². The zero-order valence-electron chi connectivity index (χ0n) is 46.2. The summed E-state index contributed by atoms with van der Waals surface area (Å²) in [6.45, 7) is 25.3. The fourth-order valence-corrected chi connectivity index (χ4v) is 13.6. The van der Waals surface area contributed by atoms with Gasteiger partial charge in [-0.25, -0.2) is 0 Å². The largest absolute Gasteiger partial charge is 0.458 e. The topological polar surface area (TPSA) is 47.6 Å². The molecule has 2 aliphatic rings. The average molecular weight is 1010 g/mol. The van der Waals surface area contributed by atoms with E-state index < -0.39 is 5.41 Å². The Morgan fingerprint density at radius 1 is 0.519 bits per heavy atom. The molecule has 0 aliphatic carbocycles. The highest BCUT2D eigenvalue weighted by atomic mass is 16.5. The molecule has 5 nitrogen and oxygen atoms in total. The monoisotopic (exact) mass is 1000 g/mol. The Hall–Kier alpha value is -8.09. The summed E-state index contributed by atoms with van der Waals surface area (Å²) in [5.41, 5.74) is 24.1. The van der Waals surface area contributed by atoms with Crippen molar-refractivity contribution in [3.05, 3.63) is 230 Å². The Labute approximate surface area is 452 Å². The van der Waals surface area contributed by atoms with Crippen molar-refractivity contribution in [3.63, 3.8) is 0 Å². The first-order chi connectivity index (χ1) is 37.1. The van der Waals surface area contributed by atoms with E-state index in [9.17, 15) is 4.79 Å². The minimum absolute atomic E-state index is 0.0276. The van der Waals surface area contributed by atoms with Crippen LogP contribution < -0.4 is 31.5 Å². The molecule has 2 aliphatic heterocycles. The molecule has 0 saturated carbocycles. The number of aryl methyl sites for hydroxylation is 4. The molecule has 0 fully saturated rings. The van der Waals surface area contributed by atoms with Gasteiger partial charge in [-0.2, -0.15) is 0 Å². The van der Waals surface area contributed by atoms with Gasteiger partial charge in [-0.1, -0.05) is 156 Å². The Morgan fingerprint density at radius 2 is 1.10 bits per heavy atom. The van der Waals surface area contributed by atoms with E-state index in [4.69, 9.17) is 9.15 Å². The van der Waals surface area contributed by atoms with Crippen molar-refractivity contribution in [2.24, 2.45) is 0 Å². The van der Waals surface area contributed by atoms with Crippen LogP contribution in [-0.4, -0.2) is 11.3 Å². The molecule has 0 saturated heterocycles. The second-order valence-corrected chi connectivity index (χ2v) is 23.5. The Kier molecular flexibility index (Phi) is 11.4. The quantitative estimate of drug-likeness (QED) is 0.112. The number of para-hydroxylation sites is 3. The molecule has 13 rings (SSSR count). The predicted molar refractivity (Wildman–Crippen MR) is 324 cm³/mol. The lowest BCUT2D eigenvalue weighted by atomic mass is 9.33. The van der Waals surface area contributed by atoms with Crippen molar-refractivity contribution in [2.45, 2.75) is 106 Å². The third-order valence-electron chi connectivity index (χ3n) is 17.1. The van der Waals surface area contributed by atoms with E-state index >= 15 is 0 Å². The average Bonchev–Trinajstić information content (AvgIpc) is 3.75. The highest BCUT2D eigenvalue weighted by Gasteiger charge is 2.42. The van der Waals surface area contributed by atoms with Gasteiger partial charge in [-0.15, -0.1) is 0 Å². The van der Waals surface area contributed by atoms with Crippen LogP contribution in [0.25, 0.3) is 49.4 Å². The van der Waals surface area contributed by atoms with E-state index in [1.165, 1.54) is 93.8 Å². The SMILES string of the molecule is Cc1cc(C)c2c(c1)c1cc(C)cc(C)c1n2-c1ccc2c(c1)Oc1ccc(CC3(C)c4ccccc4N(c4ccc5oc6ccccc6c(=O)c5c4)c4ccccc43)cc1B2c1c(C(C)C)cc(C(C)C)cc1C(C)C. The van der Waals surface area contributed by atoms with E-state index in [1.54, 1.807) is 0 Å². The number of rotatable bonds is 8. The molecule has 11 aromatic rings. The van der Waals surface area contributed by atoms with Crippen molar-refractivity contribution in [3.8, 4) is 17.2 Å². The Morgan fingerprint density at radius 3 is 1.73 bits per heavy atom. The van der Waals surface area contributed by atoms with Crippen LogP contribution in [0.5, 0.6) is 11.5 Å². The Bertz CT molecular complexity index is 4180. The fourth-order valence-electron chi connectivity index (χ4n) is 13.6. The number of benzene rings is 9. The number of hydrogen-bond acceptors (Lipinski definition) is 4. The lowest BCUT2D eigenvalue weighted by Gasteiger charge is -2.44.